The van der Waals surface area contributed by atoms with Gasteiger partial charge in [-0.05, 0) is 30.4 Å². The highest BCUT2D eigenvalue weighted by molar-refractivity contribution is 7.99. The molecule has 0 aromatic carbocycles. The molecule has 1 heterocycles. The van der Waals surface area contributed by atoms with Crippen LogP contribution in [0.4, 0.5) is 0 Å². The maximum absolute atomic E-state index is 11.2. The van der Waals surface area contributed by atoms with Crippen LogP contribution in [-0.2, 0) is 4.79 Å². The lowest BCUT2D eigenvalue weighted by Crippen LogP contribution is -2.37. The predicted octanol–water partition coefficient (Wildman–Crippen LogP) is 1.56. The monoisotopic (exact) mass is 198 g/mol. The number of allylic oxidation sites excluding steroid dienone is 1. The van der Waals surface area contributed by atoms with Crippen molar-refractivity contribution in [3.8, 4) is 0 Å². The van der Waals surface area contributed by atoms with Gasteiger partial charge < -0.3 is 5.11 Å². The Kier molecular flexibility index (Phi) is 3.33. The lowest BCUT2D eigenvalue weighted by atomic mass is 9.86. The Bertz CT molecular complexity index is 239. The first kappa shape index (κ1) is 10.5. The van der Waals surface area contributed by atoms with Crippen LogP contribution in [0.2, 0.25) is 0 Å². The molecule has 3 heteroatoms. The molecular formula is C10H14O2S. The van der Waals surface area contributed by atoms with Gasteiger partial charge in [0, 0.05) is 5.57 Å². The van der Waals surface area contributed by atoms with E-state index in [0.29, 0.717) is 18.4 Å². The topological polar surface area (TPSA) is 37.3 Å². The van der Waals surface area contributed by atoms with E-state index in [9.17, 15) is 9.90 Å². The summed E-state index contributed by atoms with van der Waals surface area (Å²) in [6.45, 7) is 7.02. The molecule has 1 fully saturated rings. The molecule has 0 aromatic heterocycles. The van der Waals surface area contributed by atoms with Gasteiger partial charge in [-0.3, -0.25) is 4.79 Å². The molecule has 0 aliphatic carbocycles. The largest absolute Gasteiger partial charge is 0.385 e. The van der Waals surface area contributed by atoms with E-state index in [2.05, 4.69) is 13.2 Å². The van der Waals surface area contributed by atoms with Gasteiger partial charge in [-0.15, -0.1) is 0 Å². The smallest absolute Gasteiger partial charge is 0.183 e. The molecule has 1 rings (SSSR count). The molecule has 72 valence electrons. The van der Waals surface area contributed by atoms with E-state index in [4.69, 9.17) is 0 Å². The standard InChI is InChI=1S/C10H14O2S/c1-3-9(11)8(2)10(12)4-6-13-7-5-10/h3,12H,1-2,4-7H2. The summed E-state index contributed by atoms with van der Waals surface area (Å²) in [5, 5.41) is 10.1. The summed E-state index contributed by atoms with van der Waals surface area (Å²) >= 11 is 1.80. The number of hydrogen-bond donors (Lipinski definition) is 1. The zero-order valence-corrected chi connectivity index (χ0v) is 8.40. The zero-order chi connectivity index (χ0) is 9.90. The summed E-state index contributed by atoms with van der Waals surface area (Å²) in [6, 6.07) is 0. The molecule has 1 saturated heterocycles. The van der Waals surface area contributed by atoms with E-state index >= 15 is 0 Å². The van der Waals surface area contributed by atoms with Gasteiger partial charge in [0.2, 0.25) is 0 Å². The average molecular weight is 198 g/mol. The fraction of sp³-hybridized carbons (Fsp3) is 0.500. The number of thioether (sulfide) groups is 1. The number of rotatable bonds is 3. The molecule has 0 saturated carbocycles. The molecule has 0 atom stereocenters. The summed E-state index contributed by atoms with van der Waals surface area (Å²) in [5.41, 5.74) is -0.681. The van der Waals surface area contributed by atoms with E-state index in [-0.39, 0.29) is 5.78 Å². The maximum atomic E-state index is 11.2. The van der Waals surface area contributed by atoms with E-state index in [1.165, 1.54) is 6.08 Å². The van der Waals surface area contributed by atoms with Gasteiger partial charge in [-0.25, -0.2) is 0 Å². The van der Waals surface area contributed by atoms with Gasteiger partial charge >= 0.3 is 0 Å². The third-order valence-electron chi connectivity index (χ3n) is 2.36. The SMILES string of the molecule is C=CC(=O)C(=C)C1(O)CCSCC1. The van der Waals surface area contributed by atoms with Crippen LogP contribution >= 0.6 is 11.8 Å². The van der Waals surface area contributed by atoms with Crippen LogP contribution in [0.25, 0.3) is 0 Å². The molecule has 0 aromatic rings. The zero-order valence-electron chi connectivity index (χ0n) is 7.58. The van der Waals surface area contributed by atoms with Crippen molar-refractivity contribution in [2.45, 2.75) is 18.4 Å². The predicted molar refractivity (Wildman–Crippen MR) is 55.9 cm³/mol. The number of carbonyl (C=O) groups is 1. The van der Waals surface area contributed by atoms with Crippen LogP contribution < -0.4 is 0 Å². The fourth-order valence-corrected chi connectivity index (χ4v) is 2.53. The van der Waals surface area contributed by atoms with Crippen molar-refractivity contribution in [2.75, 3.05) is 11.5 Å². The minimum atomic E-state index is -0.976. The molecule has 1 N–H and O–H groups in total. The average Bonchev–Trinajstić information content (AvgIpc) is 2.16. The molecule has 0 unspecified atom stereocenters. The van der Waals surface area contributed by atoms with Crippen molar-refractivity contribution >= 4 is 17.5 Å². The van der Waals surface area contributed by atoms with Crippen molar-refractivity contribution < 1.29 is 9.90 Å². The maximum Gasteiger partial charge on any atom is 0.183 e. The Balaban J connectivity index is 2.72. The summed E-state index contributed by atoms with van der Waals surface area (Å²) in [5.74, 6) is 1.54. The molecule has 0 spiro atoms. The molecule has 0 bridgehead atoms. The van der Waals surface area contributed by atoms with Crippen LogP contribution in [0.15, 0.2) is 24.8 Å². The number of ketones is 1. The second-order valence-corrected chi connectivity index (χ2v) is 4.42. The normalized spacial score (nSPS) is 20.7. The Hall–Kier alpha value is -0.540. The van der Waals surface area contributed by atoms with E-state index in [1.807, 2.05) is 0 Å². The van der Waals surface area contributed by atoms with Crippen molar-refractivity contribution in [2.24, 2.45) is 0 Å². The first-order chi connectivity index (χ1) is 6.10. The minimum Gasteiger partial charge on any atom is -0.385 e. The lowest BCUT2D eigenvalue weighted by molar-refractivity contribution is -0.113. The number of carbonyl (C=O) groups excluding carboxylic acids is 1. The van der Waals surface area contributed by atoms with E-state index < -0.39 is 5.60 Å². The van der Waals surface area contributed by atoms with Crippen LogP contribution in [0.1, 0.15) is 12.8 Å². The van der Waals surface area contributed by atoms with Gasteiger partial charge in [0.1, 0.15) is 0 Å². The van der Waals surface area contributed by atoms with Gasteiger partial charge in [-0.1, -0.05) is 13.2 Å². The highest BCUT2D eigenvalue weighted by Crippen LogP contribution is 2.32. The van der Waals surface area contributed by atoms with Crippen molar-refractivity contribution in [1.29, 1.82) is 0 Å². The molecule has 13 heavy (non-hydrogen) atoms. The van der Waals surface area contributed by atoms with E-state index in [1.54, 1.807) is 11.8 Å². The summed E-state index contributed by atoms with van der Waals surface area (Å²) in [4.78, 5) is 11.2. The van der Waals surface area contributed by atoms with Crippen molar-refractivity contribution in [3.05, 3.63) is 24.8 Å². The van der Waals surface area contributed by atoms with Gasteiger partial charge in [0.15, 0.2) is 5.78 Å². The van der Waals surface area contributed by atoms with Crippen LogP contribution in [-0.4, -0.2) is 28.0 Å². The van der Waals surface area contributed by atoms with Gasteiger partial charge in [-0.2, -0.15) is 11.8 Å². The Labute approximate surface area is 82.7 Å². The quantitative estimate of drug-likeness (QED) is 0.699. The minimum absolute atomic E-state index is 0.241. The number of hydrogen-bond acceptors (Lipinski definition) is 3. The fourth-order valence-electron chi connectivity index (χ4n) is 1.36. The van der Waals surface area contributed by atoms with Crippen LogP contribution in [0.3, 0.4) is 0 Å². The van der Waals surface area contributed by atoms with E-state index in [0.717, 1.165) is 11.5 Å². The number of aliphatic hydroxyl groups is 1. The Morgan fingerprint density at radius 3 is 2.46 bits per heavy atom. The second kappa shape index (κ2) is 4.11. The molecule has 0 amide bonds. The summed E-state index contributed by atoms with van der Waals surface area (Å²) in [7, 11) is 0. The van der Waals surface area contributed by atoms with Crippen LogP contribution in [0, 0.1) is 0 Å². The summed E-state index contributed by atoms with van der Waals surface area (Å²) < 4.78 is 0. The first-order valence-electron chi connectivity index (χ1n) is 4.26. The van der Waals surface area contributed by atoms with Crippen LogP contribution in [0.5, 0.6) is 0 Å². The lowest BCUT2D eigenvalue weighted by Gasteiger charge is -2.32. The van der Waals surface area contributed by atoms with Crippen molar-refractivity contribution in [1.82, 2.24) is 0 Å². The molecule has 0 radical (unpaired) electrons. The van der Waals surface area contributed by atoms with Crippen molar-refractivity contribution in [3.63, 3.8) is 0 Å². The molecule has 1 aliphatic heterocycles. The molecule has 1 aliphatic rings. The highest BCUT2D eigenvalue weighted by atomic mass is 32.2. The second-order valence-electron chi connectivity index (χ2n) is 3.19. The summed E-state index contributed by atoms with van der Waals surface area (Å²) in [6.07, 6.45) is 2.45. The van der Waals surface area contributed by atoms with Gasteiger partial charge in [0.05, 0.1) is 5.60 Å². The Morgan fingerprint density at radius 1 is 1.46 bits per heavy atom. The van der Waals surface area contributed by atoms with Gasteiger partial charge in [0.25, 0.3) is 0 Å². The third kappa shape index (κ3) is 2.23. The third-order valence-corrected chi connectivity index (χ3v) is 3.35. The highest BCUT2D eigenvalue weighted by Gasteiger charge is 2.34. The Morgan fingerprint density at radius 2 is 2.00 bits per heavy atom. The molecular weight excluding hydrogens is 184 g/mol. The first-order valence-corrected chi connectivity index (χ1v) is 5.42. The molecule has 2 nitrogen and oxygen atoms in total.